The summed E-state index contributed by atoms with van der Waals surface area (Å²) in [6.07, 6.45) is 0. The molecule has 52 valence electrons. The predicted octanol–water partition coefficient (Wildman–Crippen LogP) is -0.572. The van der Waals surface area contributed by atoms with Crippen LogP contribution in [0.15, 0.2) is 0 Å². The van der Waals surface area contributed by atoms with E-state index < -0.39 is 0 Å². The Morgan fingerprint density at radius 3 is 0.375 bits per heavy atom. The molecule has 0 aromatic carbocycles. The van der Waals surface area contributed by atoms with Crippen molar-refractivity contribution < 1.29 is 49.5 Å². The van der Waals surface area contributed by atoms with Crippen LogP contribution in [-0.4, -0.2) is 32.9 Å². The van der Waals surface area contributed by atoms with E-state index >= 15 is 0 Å². The van der Waals surface area contributed by atoms with Crippen molar-refractivity contribution >= 4 is 32.9 Å². The second-order valence-corrected chi connectivity index (χ2v) is 0. The minimum Gasteiger partial charge on any atom is -3.00 e. The number of hydrogen-bond donors (Lipinski definition) is 0. The normalized spacial score (nSPS) is 0. The summed E-state index contributed by atoms with van der Waals surface area (Å²) in [5, 5.41) is 0. The molecule has 0 unspecified atom stereocenters. The maximum atomic E-state index is 0. The van der Waals surface area contributed by atoms with E-state index in [0.717, 1.165) is 0 Å². The van der Waals surface area contributed by atoms with Crippen LogP contribution in [0.4, 0.5) is 0 Å². The summed E-state index contributed by atoms with van der Waals surface area (Å²) in [5.41, 5.74) is 0. The summed E-state index contributed by atoms with van der Waals surface area (Å²) in [4.78, 5) is 0. The molecule has 0 amide bonds. The first-order valence-electron chi connectivity index (χ1n) is 0. The first-order valence-corrected chi connectivity index (χ1v) is 0. The fourth-order valence-corrected chi connectivity index (χ4v) is 0. The van der Waals surface area contributed by atoms with Gasteiger partial charge in [0.15, 0.2) is 0 Å². The van der Waals surface area contributed by atoms with Gasteiger partial charge in [0.25, 0.3) is 0 Å². The van der Waals surface area contributed by atoms with E-state index in [1.54, 1.807) is 0 Å². The van der Waals surface area contributed by atoms with Gasteiger partial charge in [-0.15, -0.1) is 0 Å². The minimum atomic E-state index is 0. The maximum Gasteiger partial charge on any atom is 2.00 e. The van der Waals surface area contributed by atoms with E-state index in [0.29, 0.717) is 0 Å². The van der Waals surface area contributed by atoms with Crippen molar-refractivity contribution in [2.75, 3.05) is 0 Å². The number of rotatable bonds is 0. The van der Waals surface area contributed by atoms with Gasteiger partial charge in [0.1, 0.15) is 0 Å². The molecule has 8 heavy (non-hydrogen) atoms. The number of nitrogens with zero attached hydrogens (tertiary/aromatic N) is 2. The molecular weight excluding hydrogens is 288 g/mol. The van der Waals surface area contributed by atoms with Crippen LogP contribution >= 0.6 is 0 Å². The zero-order valence-corrected chi connectivity index (χ0v) is 9.31. The Labute approximate surface area is 94.1 Å². The van der Waals surface area contributed by atoms with Crippen molar-refractivity contribution in [1.82, 2.24) is 0 Å². The van der Waals surface area contributed by atoms with Crippen LogP contribution in [-0.2, 0) is 49.5 Å². The molecule has 0 saturated heterocycles. The molecule has 0 fully saturated rings. The van der Waals surface area contributed by atoms with Crippen LogP contribution in [0.3, 0.4) is 0 Å². The predicted molar refractivity (Wildman–Crippen MR) is 24.0 cm³/mol. The Hall–Kier alpha value is 2.05. The van der Waals surface area contributed by atoms with Crippen LogP contribution in [0, 0.1) is 0 Å². The van der Waals surface area contributed by atoms with Gasteiger partial charge in [-0.05, 0) is 0 Å². The summed E-state index contributed by atoms with van der Waals surface area (Å²) in [6.45, 7) is 0. The molecule has 0 heterocycles. The molecule has 0 N–H and O–H groups in total. The van der Waals surface area contributed by atoms with Crippen LogP contribution in [0.1, 0.15) is 0 Å². The first-order chi connectivity index (χ1) is 0. The van der Waals surface area contributed by atoms with Gasteiger partial charge in [-0.25, -0.2) is 0 Å². The largest absolute Gasteiger partial charge is 3.00 e. The van der Waals surface area contributed by atoms with Crippen LogP contribution in [0.5, 0.6) is 0 Å². The van der Waals surface area contributed by atoms with Gasteiger partial charge in [0.2, 0.25) is 0 Å². The molecule has 0 aliphatic rings. The molecule has 0 aromatic heterocycles. The van der Waals surface area contributed by atoms with Crippen LogP contribution in [0.2, 0.25) is 0 Å². The van der Waals surface area contributed by atoms with Gasteiger partial charge >= 0.3 is 49.5 Å². The quantitative estimate of drug-likeness (QED) is 0.536. The van der Waals surface area contributed by atoms with Crippen molar-refractivity contribution in [1.29, 1.82) is 0 Å². The Kier molecular flexibility index (Phi) is 3410. The molecule has 0 aliphatic carbocycles. The molecule has 0 atom stereocenters. The van der Waals surface area contributed by atoms with Crippen molar-refractivity contribution in [2.45, 2.75) is 0 Å². The smallest absolute Gasteiger partial charge is 2.00 e. The zero-order valence-electron chi connectivity index (χ0n) is 3.34. The summed E-state index contributed by atoms with van der Waals surface area (Å²) >= 11 is 0. The topological polar surface area (TPSA) is 61.0 Å². The van der Waals surface area contributed by atoms with Gasteiger partial charge in [-0.1, -0.05) is 0 Å². The maximum absolute atomic E-state index is 0. The van der Waals surface area contributed by atoms with Crippen molar-refractivity contribution in [3.63, 3.8) is 0 Å². The van der Waals surface area contributed by atoms with Crippen molar-refractivity contribution in [3.8, 4) is 0 Å². The van der Waals surface area contributed by atoms with Crippen LogP contribution in [0.25, 0.3) is 12.3 Å². The summed E-state index contributed by atoms with van der Waals surface area (Å²) in [7, 11) is 0. The molecule has 12 radical (unpaired) electrons. The standard InChI is InChI=1S/2N.3Ni.3Si/q2*-3;3*+2;;;. The van der Waals surface area contributed by atoms with Crippen molar-refractivity contribution in [3.05, 3.63) is 12.3 Å². The SMILES string of the molecule is [N-3].[N-3].[Ni+2].[Ni+2].[Ni+2].[Si].[Si].[Si]. The summed E-state index contributed by atoms with van der Waals surface area (Å²) in [5.74, 6) is 0. The molecular formula is N2Ni3Si3. The molecule has 2 nitrogen and oxygen atoms in total. The molecule has 0 spiro atoms. The average Bonchev–Trinajstić information content (AvgIpc) is 0. The second-order valence-electron chi connectivity index (χ2n) is 0. The van der Waals surface area contributed by atoms with E-state index in [1.807, 2.05) is 0 Å². The molecule has 0 aliphatic heterocycles. The summed E-state index contributed by atoms with van der Waals surface area (Å²) in [6, 6.07) is 0. The van der Waals surface area contributed by atoms with Gasteiger partial charge in [-0.2, -0.15) is 0 Å². The molecule has 0 saturated carbocycles. The third-order valence-corrected chi connectivity index (χ3v) is 0. The Morgan fingerprint density at radius 2 is 0.375 bits per heavy atom. The number of hydrogen-bond acceptors (Lipinski definition) is 0. The third-order valence-electron chi connectivity index (χ3n) is 0. The van der Waals surface area contributed by atoms with Gasteiger partial charge in [-0.3, -0.25) is 0 Å². The minimum absolute atomic E-state index is 0. The van der Waals surface area contributed by atoms with Gasteiger partial charge < -0.3 is 12.3 Å². The Morgan fingerprint density at radius 1 is 0.375 bits per heavy atom. The van der Waals surface area contributed by atoms with E-state index in [-0.39, 0.29) is 94.7 Å². The fraction of sp³-hybridized carbons (Fsp3) is 0. The van der Waals surface area contributed by atoms with Gasteiger partial charge in [0, 0.05) is 32.9 Å². The van der Waals surface area contributed by atoms with E-state index in [1.165, 1.54) is 0 Å². The third kappa shape index (κ3) is 95.1. The van der Waals surface area contributed by atoms with E-state index in [4.69, 9.17) is 0 Å². The Balaban J connectivity index is 0. The van der Waals surface area contributed by atoms with Gasteiger partial charge in [0.05, 0.1) is 0 Å². The van der Waals surface area contributed by atoms with E-state index in [9.17, 15) is 0 Å². The van der Waals surface area contributed by atoms with Crippen LogP contribution < -0.4 is 0 Å². The monoisotopic (exact) mass is 286 g/mol. The Bertz CT molecular complexity index is 12.5. The molecule has 0 aromatic rings. The van der Waals surface area contributed by atoms with E-state index in [2.05, 4.69) is 0 Å². The van der Waals surface area contributed by atoms with Crippen molar-refractivity contribution in [2.24, 2.45) is 0 Å². The second kappa shape index (κ2) is 139. The first kappa shape index (κ1) is 196. The molecule has 8 heteroatoms. The molecule has 0 rings (SSSR count). The zero-order chi connectivity index (χ0) is 0. The average molecular weight is 288 g/mol. The summed E-state index contributed by atoms with van der Waals surface area (Å²) < 4.78 is 0. The molecule has 0 bridgehead atoms. The fourth-order valence-electron chi connectivity index (χ4n) is 0.